The van der Waals surface area contributed by atoms with Crippen molar-refractivity contribution in [2.45, 2.75) is 142 Å². The van der Waals surface area contributed by atoms with Crippen LogP contribution in [0.1, 0.15) is 94.4 Å². The SMILES string of the molecule is CC[C@H]1OC(=O)[C@H](C)[C@@H](C2C[C@@](C)(OC)C[C@H](C)O2)[C@H](C)C[C@](C)(O)C[C@@H](C)CN(C)[C@H](C)[C@@H](O)[C@]1(C)O. The van der Waals surface area contributed by atoms with E-state index >= 15 is 0 Å². The molecule has 38 heavy (non-hydrogen) atoms. The lowest BCUT2D eigenvalue weighted by atomic mass is 9.70. The molecule has 2 heterocycles. The summed E-state index contributed by atoms with van der Waals surface area (Å²) in [4.78, 5) is 15.7. The summed E-state index contributed by atoms with van der Waals surface area (Å²) in [6, 6.07) is -0.386. The van der Waals surface area contributed by atoms with Crippen molar-refractivity contribution in [1.82, 2.24) is 4.90 Å². The first-order valence-electron chi connectivity index (χ1n) is 14.6. The van der Waals surface area contributed by atoms with Crippen LogP contribution in [0, 0.1) is 23.7 Å². The Balaban J connectivity index is 2.53. The molecule has 0 aromatic carbocycles. The maximum atomic E-state index is 13.7. The summed E-state index contributed by atoms with van der Waals surface area (Å²) in [5, 5.41) is 34.2. The molecule has 0 bridgehead atoms. The molecule has 0 aromatic rings. The number of likely N-dealkylation sites (N-methyl/N-ethyl adjacent to an activating group) is 1. The minimum Gasteiger partial charge on any atom is -0.459 e. The molecule has 2 rings (SSSR count). The van der Waals surface area contributed by atoms with Crippen LogP contribution in [0.25, 0.3) is 0 Å². The fourth-order valence-corrected chi connectivity index (χ4v) is 7.41. The minimum atomic E-state index is -1.64. The van der Waals surface area contributed by atoms with E-state index in [0.29, 0.717) is 32.2 Å². The molecule has 3 N–H and O–H groups in total. The molecule has 8 heteroatoms. The van der Waals surface area contributed by atoms with Crippen molar-refractivity contribution >= 4 is 5.97 Å². The van der Waals surface area contributed by atoms with E-state index in [-0.39, 0.29) is 41.6 Å². The highest BCUT2D eigenvalue weighted by molar-refractivity contribution is 5.73. The average molecular weight is 544 g/mol. The van der Waals surface area contributed by atoms with Crippen molar-refractivity contribution in [3.05, 3.63) is 0 Å². The molecule has 0 aromatic heterocycles. The summed E-state index contributed by atoms with van der Waals surface area (Å²) in [5.74, 6) is -1.12. The van der Waals surface area contributed by atoms with Crippen LogP contribution in [0.3, 0.4) is 0 Å². The second kappa shape index (κ2) is 12.8. The Morgan fingerprint density at radius 3 is 2.18 bits per heavy atom. The number of hydrogen-bond donors (Lipinski definition) is 3. The first-order chi connectivity index (χ1) is 17.4. The Hall–Kier alpha value is -0.770. The summed E-state index contributed by atoms with van der Waals surface area (Å²) in [6.07, 6.45) is 0.525. The zero-order valence-corrected chi connectivity index (χ0v) is 25.9. The molecule has 0 amide bonds. The van der Waals surface area contributed by atoms with Crippen molar-refractivity contribution in [2.24, 2.45) is 23.7 Å². The van der Waals surface area contributed by atoms with Crippen LogP contribution in [-0.2, 0) is 19.0 Å². The molecule has 2 fully saturated rings. The average Bonchev–Trinajstić information content (AvgIpc) is 2.79. The molecule has 8 nitrogen and oxygen atoms in total. The summed E-state index contributed by atoms with van der Waals surface area (Å²) in [7, 11) is 3.63. The monoisotopic (exact) mass is 543 g/mol. The summed E-state index contributed by atoms with van der Waals surface area (Å²) < 4.78 is 18.3. The lowest BCUT2D eigenvalue weighted by Gasteiger charge is -2.47. The zero-order chi connectivity index (χ0) is 29.2. The fourth-order valence-electron chi connectivity index (χ4n) is 7.41. The van der Waals surface area contributed by atoms with Gasteiger partial charge in [-0.05, 0) is 72.8 Å². The third-order valence-corrected chi connectivity index (χ3v) is 9.47. The van der Waals surface area contributed by atoms with Gasteiger partial charge in [-0.2, -0.15) is 0 Å². The number of aliphatic hydroxyl groups excluding tert-OH is 1. The van der Waals surface area contributed by atoms with Gasteiger partial charge >= 0.3 is 5.97 Å². The third kappa shape index (κ3) is 7.91. The Morgan fingerprint density at radius 2 is 1.63 bits per heavy atom. The van der Waals surface area contributed by atoms with Crippen LogP contribution in [0.5, 0.6) is 0 Å². The maximum Gasteiger partial charge on any atom is 0.309 e. The molecular formula is C30H57NO7. The van der Waals surface area contributed by atoms with Crippen LogP contribution in [-0.4, -0.2) is 94.2 Å². The quantitative estimate of drug-likeness (QED) is 0.462. The van der Waals surface area contributed by atoms with E-state index < -0.39 is 35.3 Å². The summed E-state index contributed by atoms with van der Waals surface area (Å²) in [5.41, 5.74) is -2.97. The van der Waals surface area contributed by atoms with Gasteiger partial charge in [-0.15, -0.1) is 0 Å². The molecule has 2 saturated heterocycles. The van der Waals surface area contributed by atoms with Crippen molar-refractivity contribution in [1.29, 1.82) is 0 Å². The van der Waals surface area contributed by atoms with E-state index in [1.165, 1.54) is 0 Å². The number of nitrogens with zero attached hydrogens (tertiary/aromatic N) is 1. The van der Waals surface area contributed by atoms with E-state index in [1.54, 1.807) is 14.0 Å². The molecule has 2 aliphatic rings. The van der Waals surface area contributed by atoms with Crippen molar-refractivity contribution in [2.75, 3.05) is 20.7 Å². The molecule has 0 saturated carbocycles. The topological polar surface area (TPSA) is 109 Å². The van der Waals surface area contributed by atoms with Crippen molar-refractivity contribution in [3.63, 3.8) is 0 Å². The number of methoxy groups -OCH3 is 1. The predicted octanol–water partition coefficient (Wildman–Crippen LogP) is 3.78. The molecule has 0 spiro atoms. The highest BCUT2D eigenvalue weighted by atomic mass is 16.6. The van der Waals surface area contributed by atoms with Gasteiger partial charge in [0, 0.05) is 38.5 Å². The second-order valence-electron chi connectivity index (χ2n) is 13.6. The van der Waals surface area contributed by atoms with Gasteiger partial charge in [0.1, 0.15) is 17.8 Å². The standard InChI is InChI=1S/C30H57NO7/c1-12-24-30(9,35)26(32)22(6)31(10)17-18(2)13-28(7,34)14-19(3)25(21(5)27(33)38-24)23-16-29(8,36-11)15-20(4)37-23/h18-26,32,34-35H,12-17H2,1-11H3/t18-,19-,20+,21-,22-,23?,24-,25+,26-,28-,29+,30-/m1/s1. The Labute approximate surface area is 231 Å². The fraction of sp³-hybridized carbons (Fsp3) is 0.967. The number of carbonyl (C=O) groups is 1. The minimum absolute atomic E-state index is 0.0393. The van der Waals surface area contributed by atoms with E-state index in [4.69, 9.17) is 14.2 Å². The second-order valence-corrected chi connectivity index (χ2v) is 13.6. The van der Waals surface area contributed by atoms with E-state index in [0.717, 1.165) is 6.42 Å². The largest absolute Gasteiger partial charge is 0.459 e. The Bertz CT molecular complexity index is 774. The van der Waals surface area contributed by atoms with E-state index in [9.17, 15) is 20.1 Å². The van der Waals surface area contributed by atoms with Gasteiger partial charge in [0.05, 0.1) is 29.3 Å². The molecule has 1 unspecified atom stereocenters. The van der Waals surface area contributed by atoms with Crippen LogP contribution in [0.15, 0.2) is 0 Å². The van der Waals surface area contributed by atoms with E-state index in [2.05, 4.69) is 20.8 Å². The number of carbonyl (C=O) groups excluding carboxylic acids is 1. The van der Waals surface area contributed by atoms with Crippen molar-refractivity contribution < 1.29 is 34.3 Å². The highest BCUT2D eigenvalue weighted by Gasteiger charge is 2.49. The van der Waals surface area contributed by atoms with Gasteiger partial charge in [0.15, 0.2) is 0 Å². The first-order valence-corrected chi connectivity index (χ1v) is 14.6. The van der Waals surface area contributed by atoms with Gasteiger partial charge in [0.2, 0.25) is 0 Å². The van der Waals surface area contributed by atoms with Crippen molar-refractivity contribution in [3.8, 4) is 0 Å². The highest BCUT2D eigenvalue weighted by Crippen LogP contribution is 2.42. The van der Waals surface area contributed by atoms with Gasteiger partial charge in [0.25, 0.3) is 0 Å². The first kappa shape index (κ1) is 33.4. The predicted molar refractivity (Wildman–Crippen MR) is 149 cm³/mol. The van der Waals surface area contributed by atoms with Crippen LogP contribution >= 0.6 is 0 Å². The molecule has 0 aliphatic carbocycles. The summed E-state index contributed by atoms with van der Waals surface area (Å²) >= 11 is 0. The summed E-state index contributed by atoms with van der Waals surface area (Å²) in [6.45, 7) is 17.9. The molecular weight excluding hydrogens is 486 g/mol. The zero-order valence-electron chi connectivity index (χ0n) is 25.9. The number of esters is 1. The van der Waals surface area contributed by atoms with Gasteiger partial charge in [-0.25, -0.2) is 0 Å². The number of hydrogen-bond acceptors (Lipinski definition) is 8. The number of ether oxygens (including phenoxy) is 3. The van der Waals surface area contributed by atoms with Gasteiger partial charge in [-0.3, -0.25) is 4.79 Å². The number of aliphatic hydroxyl groups is 3. The van der Waals surface area contributed by atoms with Gasteiger partial charge < -0.3 is 34.4 Å². The van der Waals surface area contributed by atoms with E-state index in [1.807, 2.05) is 46.6 Å². The molecule has 12 atom stereocenters. The number of cyclic esters (lactones) is 1. The molecule has 0 radical (unpaired) electrons. The van der Waals surface area contributed by atoms with Crippen LogP contribution in [0.2, 0.25) is 0 Å². The lowest BCUT2D eigenvalue weighted by Crippen LogP contribution is -2.59. The Kier molecular flexibility index (Phi) is 11.3. The maximum absolute atomic E-state index is 13.7. The van der Waals surface area contributed by atoms with Crippen LogP contribution in [0.4, 0.5) is 0 Å². The third-order valence-electron chi connectivity index (χ3n) is 9.47. The van der Waals surface area contributed by atoms with Gasteiger partial charge in [-0.1, -0.05) is 27.7 Å². The normalized spacial score (nSPS) is 49.1. The number of rotatable bonds is 3. The smallest absolute Gasteiger partial charge is 0.309 e. The molecule has 224 valence electrons. The van der Waals surface area contributed by atoms with Crippen LogP contribution < -0.4 is 0 Å². The Morgan fingerprint density at radius 1 is 1.03 bits per heavy atom. The lowest BCUT2D eigenvalue weighted by molar-refractivity contribution is -0.199. The molecule has 2 aliphatic heterocycles.